The monoisotopic (exact) mass is 379 g/mol. The Hall–Kier alpha value is -2.62. The maximum Gasteiger partial charge on any atom is 0.417 e. The summed E-state index contributed by atoms with van der Waals surface area (Å²) in [5, 5.41) is 0. The Bertz CT molecular complexity index is 848. The van der Waals surface area contributed by atoms with Crippen molar-refractivity contribution >= 4 is 12.0 Å². The first-order valence-corrected chi connectivity index (χ1v) is 9.80. The second-order valence-corrected chi connectivity index (χ2v) is 8.96. The number of amides is 2. The normalized spacial score (nSPS) is 17.7. The van der Waals surface area contributed by atoms with Crippen LogP contribution in [0.5, 0.6) is 0 Å². The van der Waals surface area contributed by atoms with Gasteiger partial charge >= 0.3 is 6.09 Å². The van der Waals surface area contributed by atoms with Crippen molar-refractivity contribution in [2.75, 3.05) is 0 Å². The maximum absolute atomic E-state index is 12.7. The Morgan fingerprint density at radius 1 is 0.929 bits per heavy atom. The minimum Gasteiger partial charge on any atom is -0.443 e. The van der Waals surface area contributed by atoms with Gasteiger partial charge in [-0.05, 0) is 43.9 Å². The van der Waals surface area contributed by atoms with Gasteiger partial charge in [0.25, 0.3) is 0 Å². The summed E-state index contributed by atoms with van der Waals surface area (Å²) in [5.74, 6) is -0.159. The molecule has 0 aromatic heterocycles. The lowest BCUT2D eigenvalue weighted by Crippen LogP contribution is -2.49. The Morgan fingerprint density at radius 3 is 2.07 bits per heavy atom. The zero-order valence-electron chi connectivity index (χ0n) is 17.4. The van der Waals surface area contributed by atoms with E-state index in [-0.39, 0.29) is 17.4 Å². The fourth-order valence-electron chi connectivity index (χ4n) is 3.82. The molecule has 1 saturated heterocycles. The Labute approximate surface area is 167 Å². The van der Waals surface area contributed by atoms with Crippen molar-refractivity contribution in [3.63, 3.8) is 0 Å². The lowest BCUT2D eigenvalue weighted by atomic mass is 9.76. The van der Waals surface area contributed by atoms with Crippen LogP contribution in [0, 0.1) is 0 Å². The largest absolute Gasteiger partial charge is 0.443 e. The summed E-state index contributed by atoms with van der Waals surface area (Å²) >= 11 is 0. The van der Waals surface area contributed by atoms with Crippen LogP contribution in [0.3, 0.4) is 0 Å². The quantitative estimate of drug-likeness (QED) is 0.702. The summed E-state index contributed by atoms with van der Waals surface area (Å²) in [4.78, 5) is 26.5. The highest BCUT2D eigenvalue weighted by Crippen LogP contribution is 2.38. The van der Waals surface area contributed by atoms with Gasteiger partial charge in [0, 0.05) is 11.8 Å². The molecule has 28 heavy (non-hydrogen) atoms. The highest BCUT2D eigenvalue weighted by Gasteiger charge is 2.46. The molecule has 0 aliphatic carbocycles. The van der Waals surface area contributed by atoms with E-state index in [0.717, 1.165) is 11.1 Å². The van der Waals surface area contributed by atoms with Crippen LogP contribution >= 0.6 is 0 Å². The number of imide groups is 1. The molecule has 1 aliphatic heterocycles. The van der Waals surface area contributed by atoms with E-state index >= 15 is 0 Å². The number of nitrogens with zero attached hydrogens (tertiary/aromatic N) is 1. The van der Waals surface area contributed by atoms with Gasteiger partial charge in [-0.25, -0.2) is 9.69 Å². The van der Waals surface area contributed by atoms with Crippen LogP contribution in [0.25, 0.3) is 11.1 Å². The summed E-state index contributed by atoms with van der Waals surface area (Å²) in [7, 11) is 0. The van der Waals surface area contributed by atoms with E-state index in [4.69, 9.17) is 4.74 Å². The molecule has 0 saturated carbocycles. The minimum atomic E-state index is -0.633. The molecule has 0 bridgehead atoms. The van der Waals surface area contributed by atoms with Crippen molar-refractivity contribution in [1.82, 2.24) is 4.90 Å². The molecule has 0 radical (unpaired) electrons. The molecule has 0 spiro atoms. The summed E-state index contributed by atoms with van der Waals surface area (Å²) in [6.07, 6.45) is 0.468. The zero-order chi connectivity index (χ0) is 20.5. The molecule has 2 aromatic carbocycles. The molecule has 3 rings (SSSR count). The summed E-state index contributed by atoms with van der Waals surface area (Å²) in [6.45, 7) is 9.62. The highest BCUT2D eigenvalue weighted by atomic mass is 16.6. The van der Waals surface area contributed by atoms with Crippen LogP contribution in [0.15, 0.2) is 54.6 Å². The Morgan fingerprint density at radius 2 is 1.50 bits per heavy atom. The predicted octanol–water partition coefficient (Wildman–Crippen LogP) is 5.56. The third-order valence-corrected chi connectivity index (χ3v) is 5.37. The van der Waals surface area contributed by atoms with Gasteiger partial charge in [-0.3, -0.25) is 4.79 Å². The van der Waals surface area contributed by atoms with E-state index in [1.807, 2.05) is 39.0 Å². The van der Waals surface area contributed by atoms with Crippen molar-refractivity contribution < 1.29 is 14.3 Å². The molecule has 1 aliphatic rings. The molecular weight excluding hydrogens is 350 g/mol. The average Bonchev–Trinajstić information content (AvgIpc) is 3.04. The molecule has 2 aromatic rings. The number of hydrogen-bond donors (Lipinski definition) is 0. The van der Waals surface area contributed by atoms with Crippen molar-refractivity contribution in [1.29, 1.82) is 0 Å². The van der Waals surface area contributed by atoms with E-state index in [1.54, 1.807) is 0 Å². The third-order valence-electron chi connectivity index (χ3n) is 5.37. The maximum atomic E-state index is 12.7. The fraction of sp³-hybridized carbons (Fsp3) is 0.417. The van der Waals surface area contributed by atoms with Gasteiger partial charge in [-0.2, -0.15) is 0 Å². The average molecular weight is 380 g/mol. The second-order valence-electron chi connectivity index (χ2n) is 8.96. The number of likely N-dealkylation sites (tertiary alicyclic amines) is 1. The fourth-order valence-corrected chi connectivity index (χ4v) is 3.82. The number of hydrogen-bond acceptors (Lipinski definition) is 3. The third kappa shape index (κ3) is 4.11. The van der Waals surface area contributed by atoms with Gasteiger partial charge in [0.1, 0.15) is 5.60 Å². The Kier molecular flexibility index (Phi) is 5.33. The molecule has 1 unspecified atom stereocenters. The van der Waals surface area contributed by atoms with E-state index in [9.17, 15) is 9.59 Å². The topological polar surface area (TPSA) is 46.6 Å². The lowest BCUT2D eigenvalue weighted by molar-refractivity contribution is -0.128. The zero-order valence-corrected chi connectivity index (χ0v) is 17.4. The molecule has 1 heterocycles. The second kappa shape index (κ2) is 7.42. The first kappa shape index (κ1) is 20.1. The van der Waals surface area contributed by atoms with E-state index in [0.29, 0.717) is 12.8 Å². The SMILES string of the molecule is CC(C)(C)OC(=O)N1C(=O)CCC1C(C)(C)c1ccc(-c2ccccc2)cc1. The molecule has 4 nitrogen and oxygen atoms in total. The molecule has 1 atom stereocenters. The minimum absolute atomic E-state index is 0.159. The van der Waals surface area contributed by atoms with Gasteiger partial charge in [0.15, 0.2) is 0 Å². The van der Waals surface area contributed by atoms with Crippen molar-refractivity contribution in [2.45, 2.75) is 64.5 Å². The summed E-state index contributed by atoms with van der Waals surface area (Å²) < 4.78 is 5.50. The van der Waals surface area contributed by atoms with Gasteiger partial charge in [-0.15, -0.1) is 0 Å². The van der Waals surface area contributed by atoms with E-state index in [2.05, 4.69) is 50.2 Å². The number of rotatable bonds is 3. The van der Waals surface area contributed by atoms with E-state index < -0.39 is 11.7 Å². The van der Waals surface area contributed by atoms with Crippen LogP contribution in [0.1, 0.15) is 53.0 Å². The Balaban J connectivity index is 1.86. The van der Waals surface area contributed by atoms with Crippen molar-refractivity contribution in [3.05, 3.63) is 60.2 Å². The molecule has 0 N–H and O–H groups in total. The van der Waals surface area contributed by atoms with Crippen LogP contribution in [-0.2, 0) is 14.9 Å². The molecule has 1 fully saturated rings. The van der Waals surface area contributed by atoms with Crippen LogP contribution in [0.2, 0.25) is 0 Å². The molecule has 148 valence electrons. The van der Waals surface area contributed by atoms with Gasteiger partial charge in [0.05, 0.1) is 6.04 Å². The van der Waals surface area contributed by atoms with Crippen molar-refractivity contribution in [3.8, 4) is 11.1 Å². The van der Waals surface area contributed by atoms with E-state index in [1.165, 1.54) is 10.5 Å². The number of ether oxygens (including phenoxy) is 1. The molecular formula is C24H29NO3. The predicted molar refractivity (Wildman–Crippen MR) is 111 cm³/mol. The van der Waals surface area contributed by atoms with Gasteiger partial charge in [-0.1, -0.05) is 68.4 Å². The first-order chi connectivity index (χ1) is 13.1. The van der Waals surface area contributed by atoms with Crippen LogP contribution in [-0.4, -0.2) is 28.5 Å². The van der Waals surface area contributed by atoms with Crippen LogP contribution < -0.4 is 0 Å². The van der Waals surface area contributed by atoms with Crippen LogP contribution in [0.4, 0.5) is 4.79 Å². The molecule has 2 amide bonds. The standard InChI is InChI=1S/C24H29NO3/c1-23(2,3)28-22(27)25-20(15-16-21(25)26)24(4,5)19-13-11-18(12-14-19)17-9-7-6-8-10-17/h6-14,20H,15-16H2,1-5H3. The first-order valence-electron chi connectivity index (χ1n) is 9.80. The lowest BCUT2D eigenvalue weighted by Gasteiger charge is -2.37. The van der Waals surface area contributed by atoms with Crippen molar-refractivity contribution in [2.24, 2.45) is 0 Å². The molecule has 4 heteroatoms. The number of benzene rings is 2. The van der Waals surface area contributed by atoms with Gasteiger partial charge < -0.3 is 4.74 Å². The highest BCUT2D eigenvalue weighted by molar-refractivity contribution is 5.94. The number of carbonyl (C=O) groups is 2. The number of carbonyl (C=O) groups excluding carboxylic acids is 2. The smallest absolute Gasteiger partial charge is 0.417 e. The summed E-state index contributed by atoms with van der Waals surface area (Å²) in [5.41, 5.74) is 2.40. The summed E-state index contributed by atoms with van der Waals surface area (Å²) in [6, 6.07) is 18.4. The van der Waals surface area contributed by atoms with Gasteiger partial charge in [0.2, 0.25) is 5.91 Å².